The maximum absolute atomic E-state index is 13.6. The molecule has 0 saturated carbocycles. The van der Waals surface area contributed by atoms with Crippen molar-refractivity contribution in [2.24, 2.45) is 0 Å². The molecule has 1 heterocycles. The molecule has 3 rings (SSSR count). The number of nitrogens with zero attached hydrogens (tertiary/aromatic N) is 1. The van der Waals surface area contributed by atoms with Crippen LogP contribution >= 0.6 is 0 Å². The van der Waals surface area contributed by atoms with Gasteiger partial charge in [0, 0.05) is 6.54 Å². The van der Waals surface area contributed by atoms with Gasteiger partial charge in [-0.15, -0.1) is 0 Å². The third-order valence-corrected chi connectivity index (χ3v) is 4.27. The minimum Gasteiger partial charge on any atom is -0.497 e. The molecule has 2 aromatic carbocycles. The van der Waals surface area contributed by atoms with E-state index in [0.29, 0.717) is 12.2 Å². The monoisotopic (exact) mass is 345 g/mol. The third kappa shape index (κ3) is 3.91. The molecule has 0 unspecified atom stereocenters. The summed E-state index contributed by atoms with van der Waals surface area (Å²) in [5.41, 5.74) is 0.884. The molecule has 1 N–H and O–H groups in total. The van der Waals surface area contributed by atoms with Crippen molar-refractivity contribution >= 4 is 5.91 Å². The van der Waals surface area contributed by atoms with Crippen LogP contribution in [0.15, 0.2) is 48.5 Å². The van der Waals surface area contributed by atoms with Crippen LogP contribution in [0.2, 0.25) is 0 Å². The average Bonchev–Trinajstić information content (AvgIpc) is 3.03. The van der Waals surface area contributed by atoms with E-state index in [1.165, 1.54) is 12.1 Å². The number of hydrogen-bond donors (Lipinski definition) is 1. The Bertz CT molecular complexity index is 752. The molecule has 1 saturated heterocycles. The lowest BCUT2D eigenvalue weighted by atomic mass is 10.0. The highest BCUT2D eigenvalue weighted by Crippen LogP contribution is 2.33. The van der Waals surface area contributed by atoms with Gasteiger partial charge < -0.3 is 19.5 Å². The average molecular weight is 345 g/mol. The Morgan fingerprint density at radius 1 is 1.28 bits per heavy atom. The lowest BCUT2D eigenvalue weighted by Crippen LogP contribution is -2.35. The Hall–Kier alpha value is -2.60. The number of ether oxygens (including phenoxy) is 2. The van der Waals surface area contributed by atoms with E-state index >= 15 is 0 Å². The van der Waals surface area contributed by atoms with Crippen LogP contribution in [-0.2, 0) is 4.79 Å². The third-order valence-electron chi connectivity index (χ3n) is 4.27. The van der Waals surface area contributed by atoms with Gasteiger partial charge in [0.05, 0.1) is 19.3 Å². The van der Waals surface area contributed by atoms with Gasteiger partial charge >= 0.3 is 0 Å². The Kier molecular flexibility index (Phi) is 5.19. The summed E-state index contributed by atoms with van der Waals surface area (Å²) in [5.74, 6) is -0.0869. The molecular formula is C19H20FNO4. The zero-order chi connectivity index (χ0) is 17.8. The summed E-state index contributed by atoms with van der Waals surface area (Å²) in [6.45, 7) is -0.0601. The summed E-state index contributed by atoms with van der Waals surface area (Å²) in [7, 11) is 1.58. The zero-order valence-corrected chi connectivity index (χ0v) is 13.9. The second-order valence-corrected chi connectivity index (χ2v) is 5.95. The van der Waals surface area contributed by atoms with Crippen molar-refractivity contribution in [3.8, 4) is 11.5 Å². The lowest BCUT2D eigenvalue weighted by molar-refractivity contribution is -0.134. The van der Waals surface area contributed by atoms with Crippen molar-refractivity contribution in [2.75, 3.05) is 20.3 Å². The molecule has 2 aromatic rings. The highest BCUT2D eigenvalue weighted by Gasteiger charge is 2.35. The summed E-state index contributed by atoms with van der Waals surface area (Å²) >= 11 is 0. The van der Waals surface area contributed by atoms with Crippen LogP contribution in [0.1, 0.15) is 18.0 Å². The summed E-state index contributed by atoms with van der Waals surface area (Å²) in [6.07, 6.45) is -0.160. The van der Waals surface area contributed by atoms with Gasteiger partial charge in [0.2, 0.25) is 0 Å². The van der Waals surface area contributed by atoms with Crippen LogP contribution in [-0.4, -0.2) is 42.3 Å². The SMILES string of the molecule is COc1cccc([C@H]2C[C@@H](O)CN2C(=O)COc2ccccc2F)c1. The smallest absolute Gasteiger partial charge is 0.261 e. The zero-order valence-electron chi connectivity index (χ0n) is 13.9. The maximum atomic E-state index is 13.6. The van der Waals surface area contributed by atoms with Gasteiger partial charge in [0.15, 0.2) is 18.2 Å². The second-order valence-electron chi connectivity index (χ2n) is 5.95. The van der Waals surface area contributed by atoms with Crippen molar-refractivity contribution in [2.45, 2.75) is 18.6 Å². The first-order chi connectivity index (χ1) is 12.1. The van der Waals surface area contributed by atoms with Crippen molar-refractivity contribution < 1.29 is 23.8 Å². The van der Waals surface area contributed by atoms with Crippen molar-refractivity contribution in [1.29, 1.82) is 0 Å². The molecule has 0 bridgehead atoms. The standard InChI is InChI=1S/C19H20FNO4/c1-24-15-6-4-5-13(9-15)17-10-14(22)11-21(17)19(23)12-25-18-8-3-2-7-16(18)20/h2-9,14,17,22H,10-12H2,1H3/t14-,17-/m1/s1. The van der Waals surface area contributed by atoms with Gasteiger partial charge in [0.1, 0.15) is 5.75 Å². The van der Waals surface area contributed by atoms with E-state index in [2.05, 4.69) is 0 Å². The number of halogens is 1. The van der Waals surface area contributed by atoms with Gasteiger partial charge in [0.25, 0.3) is 5.91 Å². The molecule has 5 nitrogen and oxygen atoms in total. The molecule has 132 valence electrons. The van der Waals surface area contributed by atoms with Crippen LogP contribution in [0, 0.1) is 5.82 Å². The van der Waals surface area contributed by atoms with E-state index in [1.54, 1.807) is 24.1 Å². The molecular weight excluding hydrogens is 325 g/mol. The Balaban J connectivity index is 1.72. The van der Waals surface area contributed by atoms with Crippen molar-refractivity contribution in [3.05, 3.63) is 59.9 Å². The normalized spacial score (nSPS) is 19.7. The highest BCUT2D eigenvalue weighted by atomic mass is 19.1. The minimum atomic E-state index is -0.603. The van der Waals surface area contributed by atoms with E-state index in [0.717, 1.165) is 5.56 Å². The predicted molar refractivity (Wildman–Crippen MR) is 90.0 cm³/mol. The number of para-hydroxylation sites is 1. The number of carbonyl (C=O) groups is 1. The van der Waals surface area contributed by atoms with Crippen LogP contribution in [0.25, 0.3) is 0 Å². The molecule has 0 aromatic heterocycles. The molecule has 25 heavy (non-hydrogen) atoms. The van der Waals surface area contributed by atoms with E-state index in [9.17, 15) is 14.3 Å². The first-order valence-electron chi connectivity index (χ1n) is 8.07. The number of hydrogen-bond acceptors (Lipinski definition) is 4. The Morgan fingerprint density at radius 2 is 2.08 bits per heavy atom. The fourth-order valence-electron chi connectivity index (χ4n) is 3.04. The van der Waals surface area contributed by atoms with Crippen LogP contribution in [0.3, 0.4) is 0 Å². The number of benzene rings is 2. The summed E-state index contributed by atoms with van der Waals surface area (Å²) < 4.78 is 24.1. The van der Waals surface area contributed by atoms with Crippen molar-refractivity contribution in [1.82, 2.24) is 4.90 Å². The molecule has 1 fully saturated rings. The number of aliphatic hydroxyl groups excluding tert-OH is 1. The van der Waals surface area contributed by atoms with Gasteiger partial charge in [-0.25, -0.2) is 4.39 Å². The number of β-amino-alcohol motifs (C(OH)–C–C–N with tert-alkyl or cyclic N) is 1. The van der Waals surface area contributed by atoms with E-state index < -0.39 is 11.9 Å². The Morgan fingerprint density at radius 3 is 2.84 bits per heavy atom. The molecule has 1 amide bonds. The van der Waals surface area contributed by atoms with Gasteiger partial charge in [-0.05, 0) is 36.2 Å². The molecule has 0 spiro atoms. The highest BCUT2D eigenvalue weighted by molar-refractivity contribution is 5.78. The Labute approximate surface area is 145 Å². The largest absolute Gasteiger partial charge is 0.497 e. The maximum Gasteiger partial charge on any atom is 0.261 e. The number of aliphatic hydroxyl groups is 1. The van der Waals surface area contributed by atoms with E-state index in [1.807, 2.05) is 24.3 Å². The summed E-state index contributed by atoms with van der Waals surface area (Å²) in [4.78, 5) is 14.1. The number of amides is 1. The van der Waals surface area contributed by atoms with E-state index in [-0.39, 0.29) is 30.9 Å². The summed E-state index contributed by atoms with van der Waals surface area (Å²) in [6, 6.07) is 13.1. The second kappa shape index (κ2) is 7.53. The van der Waals surface area contributed by atoms with Crippen LogP contribution in [0.5, 0.6) is 11.5 Å². The number of carbonyl (C=O) groups excluding carboxylic acids is 1. The summed E-state index contributed by atoms with van der Waals surface area (Å²) in [5, 5.41) is 10.0. The van der Waals surface area contributed by atoms with Crippen LogP contribution < -0.4 is 9.47 Å². The molecule has 6 heteroatoms. The predicted octanol–water partition coefficient (Wildman–Crippen LogP) is 2.55. The number of methoxy groups -OCH3 is 1. The van der Waals surface area contributed by atoms with E-state index in [4.69, 9.17) is 9.47 Å². The van der Waals surface area contributed by atoms with Gasteiger partial charge in [-0.3, -0.25) is 4.79 Å². The lowest BCUT2D eigenvalue weighted by Gasteiger charge is -2.25. The number of rotatable bonds is 5. The molecule has 0 radical (unpaired) electrons. The molecule has 1 aliphatic heterocycles. The quantitative estimate of drug-likeness (QED) is 0.905. The first kappa shape index (κ1) is 17.2. The fourth-order valence-corrected chi connectivity index (χ4v) is 3.04. The molecule has 1 aliphatic rings. The number of likely N-dealkylation sites (tertiary alicyclic amines) is 1. The van der Waals surface area contributed by atoms with Crippen LogP contribution in [0.4, 0.5) is 4.39 Å². The molecule has 2 atom stereocenters. The first-order valence-corrected chi connectivity index (χ1v) is 8.07. The van der Waals surface area contributed by atoms with Crippen molar-refractivity contribution in [3.63, 3.8) is 0 Å². The topological polar surface area (TPSA) is 59.0 Å². The molecule has 0 aliphatic carbocycles. The fraction of sp³-hybridized carbons (Fsp3) is 0.316. The van der Waals surface area contributed by atoms with Gasteiger partial charge in [-0.2, -0.15) is 0 Å². The van der Waals surface area contributed by atoms with Gasteiger partial charge in [-0.1, -0.05) is 24.3 Å². The minimum absolute atomic E-state index is 0.0357.